The van der Waals surface area contributed by atoms with E-state index in [1.807, 2.05) is 158 Å². The van der Waals surface area contributed by atoms with Gasteiger partial charge in [0, 0.05) is 129 Å². The second kappa shape index (κ2) is 34.8. The number of methoxy groups -OCH3 is 1. The van der Waals surface area contributed by atoms with Crippen LogP contribution in [0, 0.1) is 81.4 Å². The molecule has 22 heteroatoms. The van der Waals surface area contributed by atoms with Gasteiger partial charge >= 0.3 is 0 Å². The fourth-order valence-corrected chi connectivity index (χ4v) is 17.2. The number of aliphatic hydroxyl groups excluding tert-OH is 1. The number of aromatic nitrogens is 14. The number of hydrogen-bond acceptors (Lipinski definition) is 17. The van der Waals surface area contributed by atoms with E-state index in [4.69, 9.17) is 31.1 Å². The zero-order valence-electron chi connectivity index (χ0n) is 69.9. The number of ether oxygens (including phenoxy) is 1. The van der Waals surface area contributed by atoms with Crippen LogP contribution >= 0.6 is 0 Å². The van der Waals surface area contributed by atoms with Crippen LogP contribution in [0.1, 0.15) is 180 Å². The summed E-state index contributed by atoms with van der Waals surface area (Å²) in [6, 6.07) is 48.8. The van der Waals surface area contributed by atoms with Gasteiger partial charge in [-0.2, -0.15) is 0 Å². The predicted octanol–water partition coefficient (Wildman–Crippen LogP) is 13.6. The summed E-state index contributed by atoms with van der Waals surface area (Å²) in [6.45, 7) is 18.8. The summed E-state index contributed by atoms with van der Waals surface area (Å²) in [5, 5.41) is 12.9. The molecule has 1 N–H and O–H groups in total. The standard InChI is InChI=1S/C22H21N3O2.C21H18N4O.C21H17N3O2.C21H19N3O.C16H16N2O.CH4/c1-22(2)11-10-20-24-18-13-15(6-8-16(18)21(26)25(20)14-22)7-9-17-19(27-3)5-4-12-23-17;26-21-18-9-7-15(6-8-16-4-1-2-10-22-16)12-19(18)23-20-14-24-11-3-5-17(24)13-25(20)21;25-13-21-8-10-24-19(17(21)12-21)23-18-11-14(5-7-16(18)20(24)26)4-6-15-3-1-2-9-22-15;1-21(2)11-10-19-23-18-13-15(6-8-16-5-3-4-12-22-16)7-9-17(18)20(25)24(19)14-21;1-4-11-5-6-12-13(9-11)17-14-7-8-16(2,3)10-18(14)15(12)19;/h4-6,8,12-13H,10-11,14H2,1-3H3;1-2,4,7,9-10,12,17H,3,5,11,13-14H2;1-3,5,7,9,11,17,25H,8,10,12-13H2;3-5,7,9,12-13H,10-11,14H2,1-2H3;1,5-6,9H,7-8,10H2,2-3H3;1H4/t;17-;;;;/m.1..../s1. The van der Waals surface area contributed by atoms with Crippen LogP contribution in [0.5, 0.6) is 5.75 Å². The van der Waals surface area contributed by atoms with Crippen molar-refractivity contribution in [3.8, 4) is 65.5 Å². The van der Waals surface area contributed by atoms with E-state index in [9.17, 15) is 29.1 Å². The molecular weight excluding hydrogens is 1550 g/mol. The minimum absolute atomic E-state index is 0. The molecule has 3 atom stereocenters. The Kier molecular flexibility index (Phi) is 23.5. The Morgan fingerprint density at radius 1 is 0.435 bits per heavy atom. The topological polar surface area (TPSA) is 259 Å². The lowest BCUT2D eigenvalue weighted by atomic mass is 9.85. The first kappa shape index (κ1) is 83.6. The molecule has 21 rings (SSSR count). The fraction of sp³-hybridized carbons (Fsp3) is 0.314. The molecule has 22 nitrogen and oxygen atoms in total. The van der Waals surface area contributed by atoms with Crippen molar-refractivity contribution in [1.29, 1.82) is 0 Å². The fourth-order valence-electron chi connectivity index (χ4n) is 17.2. The molecule has 124 heavy (non-hydrogen) atoms. The summed E-state index contributed by atoms with van der Waals surface area (Å²) in [7, 11) is 1.60. The van der Waals surface area contributed by atoms with Gasteiger partial charge in [0.05, 0.1) is 68.2 Å². The number of rotatable bonds is 2. The lowest BCUT2D eigenvalue weighted by molar-refractivity contribution is 0.181. The Balaban J connectivity index is 0.000000115. The highest BCUT2D eigenvalue weighted by Crippen LogP contribution is 2.63. The second-order valence-corrected chi connectivity index (χ2v) is 34.9. The average molecular weight is 1640 g/mol. The first-order valence-corrected chi connectivity index (χ1v) is 41.8. The maximum absolute atomic E-state index is 12.9. The molecule has 2 fully saturated rings. The van der Waals surface area contributed by atoms with E-state index in [1.54, 1.807) is 54.7 Å². The SMILES string of the molecule is C.C#Cc1ccc2c(=O)n3c(nc2c1)CCC(C)(C)C3.CC1(C)CCc2nc3cc(C#Cc4ccccn4)ccc3c(=O)n2C1.COc1cccnc1C#Cc1ccc2c(=O)n3c(nc2c1)CCC(C)(C)C3.O=c1c2ccc(C#Cc3ccccn3)cc2nc2n1CCC1(CO)CC21.O=c1c2ccc(C#Cc3ccccn3)cc2nc2n1C[C@H]1CCCN1C2. The summed E-state index contributed by atoms with van der Waals surface area (Å²) in [5.74, 6) is 32.3. The molecule has 15 heterocycles. The van der Waals surface area contributed by atoms with Crippen LogP contribution < -0.4 is 32.5 Å². The molecule has 0 bridgehead atoms. The normalized spacial score (nSPS) is 17.7. The van der Waals surface area contributed by atoms with E-state index in [1.165, 1.54) is 12.8 Å². The molecule has 14 aromatic rings. The van der Waals surface area contributed by atoms with E-state index >= 15 is 0 Å². The van der Waals surface area contributed by atoms with E-state index in [0.717, 1.165) is 163 Å². The molecular formula is C102H95N15O7. The third-order valence-electron chi connectivity index (χ3n) is 24.3. The smallest absolute Gasteiger partial charge is 0.261 e. The van der Waals surface area contributed by atoms with Crippen LogP contribution in [0.3, 0.4) is 0 Å². The quantitative estimate of drug-likeness (QED) is 0.158. The summed E-state index contributed by atoms with van der Waals surface area (Å²) < 4.78 is 14.4. The monoisotopic (exact) mass is 1640 g/mol. The molecule has 7 aliphatic rings. The molecule has 9 aromatic heterocycles. The van der Waals surface area contributed by atoms with E-state index in [-0.39, 0.29) is 69.4 Å². The molecule has 1 saturated heterocycles. The third kappa shape index (κ3) is 17.8. The number of benzene rings is 5. The van der Waals surface area contributed by atoms with E-state index in [2.05, 4.69) is 125 Å². The third-order valence-corrected chi connectivity index (χ3v) is 24.3. The maximum Gasteiger partial charge on any atom is 0.261 e. The Morgan fingerprint density at radius 2 is 0.831 bits per heavy atom. The minimum atomic E-state index is -0.0521. The summed E-state index contributed by atoms with van der Waals surface area (Å²) >= 11 is 0. The van der Waals surface area contributed by atoms with E-state index in [0.29, 0.717) is 79.7 Å². The zero-order chi connectivity index (χ0) is 85.3. The van der Waals surface area contributed by atoms with Crippen molar-refractivity contribution in [2.45, 2.75) is 164 Å². The highest BCUT2D eigenvalue weighted by molar-refractivity contribution is 5.83. The van der Waals surface area contributed by atoms with Crippen molar-refractivity contribution < 1.29 is 9.84 Å². The van der Waals surface area contributed by atoms with Crippen LogP contribution in [0.15, 0.2) is 206 Å². The van der Waals surface area contributed by atoms with Gasteiger partial charge in [-0.15, -0.1) is 6.42 Å². The Labute approximate surface area is 718 Å². The van der Waals surface area contributed by atoms with Crippen molar-refractivity contribution in [2.75, 3.05) is 20.3 Å². The number of fused-ring (bicyclic) bond motifs is 13. The number of hydrogen-bond donors (Lipinski definition) is 1. The van der Waals surface area contributed by atoms with Crippen LogP contribution in [0.25, 0.3) is 54.5 Å². The Bertz CT molecular complexity index is 7220. The molecule has 6 aliphatic heterocycles. The molecule has 0 radical (unpaired) electrons. The lowest BCUT2D eigenvalue weighted by Crippen LogP contribution is -2.43. The predicted molar refractivity (Wildman–Crippen MR) is 483 cm³/mol. The zero-order valence-corrected chi connectivity index (χ0v) is 69.9. The highest BCUT2D eigenvalue weighted by atomic mass is 16.5. The molecule has 0 spiro atoms. The average Bonchev–Trinajstić information content (AvgIpc) is 1.55. The Morgan fingerprint density at radius 3 is 1.25 bits per heavy atom. The van der Waals surface area contributed by atoms with Crippen LogP contribution in [-0.2, 0) is 58.5 Å². The van der Waals surface area contributed by atoms with E-state index < -0.39 is 0 Å². The van der Waals surface area contributed by atoms with Gasteiger partial charge in [0.25, 0.3) is 27.8 Å². The van der Waals surface area contributed by atoms with Gasteiger partial charge in [-0.3, -0.25) is 51.7 Å². The number of nitrogens with zero attached hydrogens (tertiary/aromatic N) is 15. The Hall–Kier alpha value is -14.1. The second-order valence-electron chi connectivity index (χ2n) is 34.9. The molecule has 620 valence electrons. The van der Waals surface area contributed by atoms with Crippen LogP contribution in [0.2, 0.25) is 0 Å². The largest absolute Gasteiger partial charge is 0.494 e. The molecule has 1 saturated carbocycles. The van der Waals surface area contributed by atoms with Gasteiger partial charge in [0.15, 0.2) is 11.4 Å². The number of terminal acetylenes is 1. The molecule has 5 aromatic carbocycles. The maximum atomic E-state index is 12.9. The minimum Gasteiger partial charge on any atom is -0.494 e. The molecule has 2 unspecified atom stereocenters. The molecule has 1 aliphatic carbocycles. The van der Waals surface area contributed by atoms with Gasteiger partial charge in [-0.1, -0.05) is 96.8 Å². The van der Waals surface area contributed by atoms with Gasteiger partial charge in [-0.25, -0.2) is 44.9 Å². The summed E-state index contributed by atoms with van der Waals surface area (Å²) in [6.07, 6.45) is 22.0. The highest BCUT2D eigenvalue weighted by Gasteiger charge is 2.58. The van der Waals surface area contributed by atoms with Crippen molar-refractivity contribution in [2.24, 2.45) is 21.7 Å². The van der Waals surface area contributed by atoms with Gasteiger partial charge in [-0.05, 0) is 231 Å². The van der Waals surface area contributed by atoms with Crippen molar-refractivity contribution in [3.63, 3.8) is 0 Å². The first-order chi connectivity index (χ1) is 59.5. The van der Waals surface area contributed by atoms with Crippen LogP contribution in [-0.4, -0.2) is 104 Å². The number of aryl methyl sites for hydroxylation is 3. The first-order valence-electron chi connectivity index (χ1n) is 41.8. The number of pyridine rings is 4. The molecule has 0 amide bonds. The van der Waals surface area contributed by atoms with Crippen LogP contribution in [0.4, 0.5) is 0 Å². The van der Waals surface area contributed by atoms with Crippen molar-refractivity contribution >= 4 is 54.5 Å². The van der Waals surface area contributed by atoms with Crippen molar-refractivity contribution in [3.05, 3.63) is 314 Å². The van der Waals surface area contributed by atoms with Gasteiger partial charge in [0.2, 0.25) is 0 Å². The van der Waals surface area contributed by atoms with Crippen molar-refractivity contribution in [1.82, 2.24) is 72.6 Å². The lowest BCUT2D eigenvalue weighted by Gasteiger charge is -2.31. The summed E-state index contributed by atoms with van der Waals surface area (Å²) in [4.78, 5) is 107. The number of aliphatic hydroxyl groups is 1. The van der Waals surface area contributed by atoms with Gasteiger partial charge in [0.1, 0.15) is 46.2 Å². The summed E-state index contributed by atoms with van der Waals surface area (Å²) in [5.41, 5.74) is 10.9. The van der Waals surface area contributed by atoms with Gasteiger partial charge < -0.3 is 9.84 Å².